The van der Waals surface area contributed by atoms with Crippen LogP contribution < -0.4 is 10.1 Å². The zero-order valence-corrected chi connectivity index (χ0v) is 14.2. The number of aldehydes is 1. The van der Waals surface area contributed by atoms with Crippen molar-refractivity contribution < 1.29 is 19.2 Å². The Kier molecular flexibility index (Phi) is 6.32. The lowest BCUT2D eigenvalue weighted by atomic mass is 10.2. The molecule has 0 aliphatic carbocycles. The molecule has 1 amide bonds. The molecule has 0 bridgehead atoms. The Hall–Kier alpha value is -2.64. The number of nitro benzene ring substituents is 1. The van der Waals surface area contributed by atoms with E-state index >= 15 is 0 Å². The predicted molar refractivity (Wildman–Crippen MR) is 92.3 cm³/mol. The van der Waals surface area contributed by atoms with Crippen molar-refractivity contribution in [3.63, 3.8) is 0 Å². The van der Waals surface area contributed by atoms with E-state index < -0.39 is 23.1 Å². The summed E-state index contributed by atoms with van der Waals surface area (Å²) in [6, 6.07) is 8.58. The molecule has 0 unspecified atom stereocenters. The number of nitrogens with one attached hydrogen (secondary N) is 1. The van der Waals surface area contributed by atoms with E-state index in [1.54, 1.807) is 18.2 Å². The number of nitro groups is 1. The van der Waals surface area contributed by atoms with Crippen LogP contribution in [0, 0.1) is 10.1 Å². The van der Waals surface area contributed by atoms with Gasteiger partial charge in [-0.2, -0.15) is 0 Å². The van der Waals surface area contributed by atoms with E-state index in [0.717, 1.165) is 6.07 Å². The SMILES string of the molecule is O=Cc1ccc(OCC(=O)NCc2ccc(Cl)cc2Cl)c([N+](=O)[O-])c1. The first-order valence-corrected chi connectivity index (χ1v) is 7.73. The molecule has 0 saturated heterocycles. The van der Waals surface area contributed by atoms with E-state index in [4.69, 9.17) is 27.9 Å². The highest BCUT2D eigenvalue weighted by Gasteiger charge is 2.17. The summed E-state index contributed by atoms with van der Waals surface area (Å²) in [6.07, 6.45) is 0.485. The van der Waals surface area contributed by atoms with Gasteiger partial charge in [0.15, 0.2) is 12.4 Å². The van der Waals surface area contributed by atoms with Gasteiger partial charge in [0.1, 0.15) is 6.29 Å². The second-order valence-corrected chi connectivity index (χ2v) is 5.75. The van der Waals surface area contributed by atoms with Crippen LogP contribution in [0.5, 0.6) is 5.75 Å². The predicted octanol–water partition coefficient (Wildman–Crippen LogP) is 3.41. The molecule has 2 aromatic rings. The van der Waals surface area contributed by atoms with Gasteiger partial charge in [0.2, 0.25) is 0 Å². The minimum atomic E-state index is -0.687. The molecule has 0 radical (unpaired) electrons. The molecule has 0 aliphatic rings. The number of nitrogens with zero attached hydrogens (tertiary/aromatic N) is 1. The Balaban J connectivity index is 1.96. The number of benzene rings is 2. The normalized spacial score (nSPS) is 10.2. The molecular weight excluding hydrogens is 371 g/mol. The van der Waals surface area contributed by atoms with E-state index in [1.807, 2.05) is 0 Å². The van der Waals surface area contributed by atoms with Crippen molar-refractivity contribution in [1.29, 1.82) is 0 Å². The maximum atomic E-state index is 11.8. The van der Waals surface area contributed by atoms with Crippen LogP contribution in [0.25, 0.3) is 0 Å². The van der Waals surface area contributed by atoms with Gasteiger partial charge in [0.05, 0.1) is 4.92 Å². The molecule has 2 aromatic carbocycles. The molecule has 0 atom stereocenters. The largest absolute Gasteiger partial charge is 0.477 e. The van der Waals surface area contributed by atoms with Crippen molar-refractivity contribution in [2.75, 3.05) is 6.61 Å². The molecule has 130 valence electrons. The second kappa shape index (κ2) is 8.46. The fourth-order valence-corrected chi connectivity index (χ4v) is 2.40. The van der Waals surface area contributed by atoms with Gasteiger partial charge >= 0.3 is 5.69 Å². The molecular formula is C16H12Cl2N2O5. The quantitative estimate of drug-likeness (QED) is 0.449. The lowest BCUT2D eigenvalue weighted by Crippen LogP contribution is -2.28. The molecule has 2 rings (SSSR count). The van der Waals surface area contributed by atoms with E-state index in [9.17, 15) is 19.7 Å². The van der Waals surface area contributed by atoms with Gasteiger partial charge in [0.25, 0.3) is 5.91 Å². The topological polar surface area (TPSA) is 98.5 Å². The van der Waals surface area contributed by atoms with E-state index in [2.05, 4.69) is 5.32 Å². The summed E-state index contributed by atoms with van der Waals surface area (Å²) in [5.74, 6) is -0.588. The third kappa shape index (κ3) is 5.17. The molecule has 1 N–H and O–H groups in total. The summed E-state index contributed by atoms with van der Waals surface area (Å²) < 4.78 is 5.17. The highest BCUT2D eigenvalue weighted by atomic mass is 35.5. The van der Waals surface area contributed by atoms with Crippen LogP contribution in [0.1, 0.15) is 15.9 Å². The van der Waals surface area contributed by atoms with E-state index in [0.29, 0.717) is 21.9 Å². The standard InChI is InChI=1S/C16H12Cl2N2O5/c17-12-3-2-11(13(18)6-12)7-19-16(22)9-25-15-4-1-10(8-21)5-14(15)20(23)24/h1-6,8H,7,9H2,(H,19,22). The molecule has 9 heteroatoms. The first-order chi connectivity index (χ1) is 11.9. The second-order valence-electron chi connectivity index (χ2n) is 4.90. The van der Waals surface area contributed by atoms with E-state index in [-0.39, 0.29) is 17.9 Å². The Morgan fingerprint density at radius 1 is 1.24 bits per heavy atom. The zero-order chi connectivity index (χ0) is 18.4. The van der Waals surface area contributed by atoms with Crippen molar-refractivity contribution in [3.05, 3.63) is 67.7 Å². The summed E-state index contributed by atoms with van der Waals surface area (Å²) in [7, 11) is 0. The van der Waals surface area contributed by atoms with Gasteiger partial charge in [-0.15, -0.1) is 0 Å². The van der Waals surface area contributed by atoms with Crippen LogP contribution in [0.15, 0.2) is 36.4 Å². The minimum absolute atomic E-state index is 0.102. The lowest BCUT2D eigenvalue weighted by molar-refractivity contribution is -0.385. The van der Waals surface area contributed by atoms with Gasteiger partial charge in [-0.05, 0) is 29.8 Å². The maximum absolute atomic E-state index is 11.8. The summed E-state index contributed by atoms with van der Waals surface area (Å²) in [4.78, 5) is 32.8. The van der Waals surface area contributed by atoms with Gasteiger partial charge in [-0.1, -0.05) is 29.3 Å². The average molecular weight is 383 g/mol. The van der Waals surface area contributed by atoms with Crippen LogP contribution >= 0.6 is 23.2 Å². The van der Waals surface area contributed by atoms with Crippen molar-refractivity contribution in [2.24, 2.45) is 0 Å². The lowest BCUT2D eigenvalue weighted by Gasteiger charge is -2.09. The summed E-state index contributed by atoms with van der Waals surface area (Å²) in [5, 5.41) is 14.5. The molecule has 0 aromatic heterocycles. The Labute approximate surface area is 152 Å². The van der Waals surface area contributed by atoms with Gasteiger partial charge in [0, 0.05) is 28.2 Å². The number of carbonyl (C=O) groups excluding carboxylic acids is 2. The van der Waals surface area contributed by atoms with Crippen LogP contribution in [0.2, 0.25) is 10.0 Å². The van der Waals surface area contributed by atoms with Gasteiger partial charge in [-0.25, -0.2) is 0 Å². The fourth-order valence-electron chi connectivity index (χ4n) is 1.93. The van der Waals surface area contributed by atoms with Crippen LogP contribution in [-0.4, -0.2) is 23.7 Å². The fraction of sp³-hybridized carbons (Fsp3) is 0.125. The third-order valence-corrected chi connectivity index (χ3v) is 3.75. The Morgan fingerprint density at radius 2 is 2.00 bits per heavy atom. The average Bonchev–Trinajstić information content (AvgIpc) is 2.58. The van der Waals surface area contributed by atoms with Crippen molar-refractivity contribution in [3.8, 4) is 5.75 Å². The maximum Gasteiger partial charge on any atom is 0.311 e. The van der Waals surface area contributed by atoms with Crippen LogP contribution in [0.3, 0.4) is 0 Å². The molecule has 0 saturated carbocycles. The van der Waals surface area contributed by atoms with E-state index in [1.165, 1.54) is 12.1 Å². The number of rotatable bonds is 7. The molecule has 0 spiro atoms. The van der Waals surface area contributed by atoms with Crippen molar-refractivity contribution >= 4 is 41.1 Å². The molecule has 7 nitrogen and oxygen atoms in total. The monoisotopic (exact) mass is 382 g/mol. The number of amides is 1. The zero-order valence-electron chi connectivity index (χ0n) is 12.7. The van der Waals surface area contributed by atoms with Gasteiger partial charge in [-0.3, -0.25) is 19.7 Å². The Bertz CT molecular complexity index is 826. The first-order valence-electron chi connectivity index (χ1n) is 6.97. The number of carbonyl (C=O) groups is 2. The molecule has 0 heterocycles. The first kappa shape index (κ1) is 18.7. The summed E-state index contributed by atoms with van der Waals surface area (Å²) in [5.41, 5.74) is 0.416. The molecule has 25 heavy (non-hydrogen) atoms. The minimum Gasteiger partial charge on any atom is -0.477 e. The molecule has 0 aliphatic heterocycles. The number of ether oxygens (including phenoxy) is 1. The summed E-state index contributed by atoms with van der Waals surface area (Å²) >= 11 is 11.8. The number of hydrogen-bond acceptors (Lipinski definition) is 5. The molecule has 0 fully saturated rings. The summed E-state index contributed by atoms with van der Waals surface area (Å²) in [6.45, 7) is -0.267. The Morgan fingerprint density at radius 3 is 2.64 bits per heavy atom. The highest BCUT2D eigenvalue weighted by Crippen LogP contribution is 2.27. The van der Waals surface area contributed by atoms with Gasteiger partial charge < -0.3 is 10.1 Å². The number of halogens is 2. The van der Waals surface area contributed by atoms with Crippen LogP contribution in [-0.2, 0) is 11.3 Å². The third-order valence-electron chi connectivity index (χ3n) is 3.17. The highest BCUT2D eigenvalue weighted by molar-refractivity contribution is 6.35. The number of hydrogen-bond donors (Lipinski definition) is 1. The van der Waals surface area contributed by atoms with Crippen molar-refractivity contribution in [1.82, 2.24) is 5.32 Å². The van der Waals surface area contributed by atoms with Crippen molar-refractivity contribution in [2.45, 2.75) is 6.54 Å². The van der Waals surface area contributed by atoms with Crippen LogP contribution in [0.4, 0.5) is 5.69 Å². The smallest absolute Gasteiger partial charge is 0.311 e.